The SMILES string of the molecule is COc1ccc(CC(NC(=O)CNC(=O)CN2CCOCC2)C(=O)N[C@H](C=O)CC2=CCCC2)cc1. The molecule has 1 fully saturated rings. The van der Waals surface area contributed by atoms with E-state index in [0.29, 0.717) is 38.5 Å². The van der Waals surface area contributed by atoms with Gasteiger partial charge in [-0.1, -0.05) is 23.8 Å². The number of nitrogens with one attached hydrogen (secondary N) is 3. The maximum absolute atomic E-state index is 13.1. The van der Waals surface area contributed by atoms with E-state index in [9.17, 15) is 19.2 Å². The van der Waals surface area contributed by atoms with E-state index in [1.54, 1.807) is 19.2 Å². The van der Waals surface area contributed by atoms with E-state index in [4.69, 9.17) is 9.47 Å². The van der Waals surface area contributed by atoms with Gasteiger partial charge in [0, 0.05) is 19.5 Å². The number of ether oxygens (including phenoxy) is 2. The Labute approximate surface area is 211 Å². The number of allylic oxidation sites excluding steroid dienone is 1. The Morgan fingerprint density at radius 1 is 1.08 bits per heavy atom. The van der Waals surface area contributed by atoms with Crippen LogP contribution in [0.25, 0.3) is 0 Å². The minimum absolute atomic E-state index is 0.184. The van der Waals surface area contributed by atoms with Crippen LogP contribution in [0.2, 0.25) is 0 Å². The fraction of sp³-hybridized carbons (Fsp3) is 0.538. The van der Waals surface area contributed by atoms with Gasteiger partial charge in [0.1, 0.15) is 18.1 Å². The Bertz CT molecular complexity index is 927. The summed E-state index contributed by atoms with van der Waals surface area (Å²) in [4.78, 5) is 51.6. The van der Waals surface area contributed by atoms with Gasteiger partial charge in [-0.3, -0.25) is 19.3 Å². The van der Waals surface area contributed by atoms with Crippen molar-refractivity contribution in [2.45, 2.75) is 44.2 Å². The number of aldehydes is 1. The van der Waals surface area contributed by atoms with E-state index < -0.39 is 23.9 Å². The summed E-state index contributed by atoms with van der Waals surface area (Å²) in [6.07, 6.45) is 6.50. The molecule has 2 atom stereocenters. The summed E-state index contributed by atoms with van der Waals surface area (Å²) in [6, 6.07) is 5.61. The second kappa shape index (κ2) is 14.4. The molecule has 1 saturated heterocycles. The zero-order valence-corrected chi connectivity index (χ0v) is 20.8. The smallest absolute Gasteiger partial charge is 0.243 e. The molecule has 1 aliphatic carbocycles. The van der Waals surface area contributed by atoms with Crippen LogP contribution < -0.4 is 20.7 Å². The fourth-order valence-corrected chi connectivity index (χ4v) is 4.27. The van der Waals surface area contributed by atoms with Gasteiger partial charge in [0.25, 0.3) is 0 Å². The number of morpholine rings is 1. The van der Waals surface area contributed by atoms with Gasteiger partial charge in [0.2, 0.25) is 17.7 Å². The molecule has 1 unspecified atom stereocenters. The lowest BCUT2D eigenvalue weighted by Gasteiger charge is -2.25. The van der Waals surface area contributed by atoms with Crippen molar-refractivity contribution < 1.29 is 28.7 Å². The molecule has 1 aromatic rings. The monoisotopic (exact) mass is 500 g/mol. The Morgan fingerprint density at radius 2 is 1.83 bits per heavy atom. The molecule has 1 aromatic carbocycles. The molecule has 196 valence electrons. The number of amides is 3. The lowest BCUT2D eigenvalue weighted by Crippen LogP contribution is -2.53. The molecule has 0 saturated carbocycles. The molecular weight excluding hydrogens is 464 g/mol. The van der Waals surface area contributed by atoms with E-state index in [-0.39, 0.29) is 25.4 Å². The molecule has 1 heterocycles. The van der Waals surface area contributed by atoms with Crippen LogP contribution in [0.3, 0.4) is 0 Å². The minimum atomic E-state index is -0.915. The average Bonchev–Trinajstić information content (AvgIpc) is 3.41. The van der Waals surface area contributed by atoms with Crippen molar-refractivity contribution in [2.75, 3.05) is 46.5 Å². The summed E-state index contributed by atoms with van der Waals surface area (Å²) < 4.78 is 10.5. The number of nitrogens with zero attached hydrogens (tertiary/aromatic N) is 1. The molecule has 36 heavy (non-hydrogen) atoms. The molecule has 2 aliphatic rings. The summed E-state index contributed by atoms with van der Waals surface area (Å²) in [5, 5.41) is 8.09. The molecule has 0 spiro atoms. The molecule has 1 aliphatic heterocycles. The van der Waals surface area contributed by atoms with Crippen LogP contribution in [0, 0.1) is 0 Å². The number of carbonyl (C=O) groups excluding carboxylic acids is 4. The highest BCUT2D eigenvalue weighted by molar-refractivity contribution is 5.91. The third-order valence-corrected chi connectivity index (χ3v) is 6.28. The maximum Gasteiger partial charge on any atom is 0.243 e. The molecule has 0 aromatic heterocycles. The number of hydrogen-bond acceptors (Lipinski definition) is 7. The van der Waals surface area contributed by atoms with Crippen LogP contribution in [0.1, 0.15) is 31.2 Å². The number of rotatable bonds is 13. The minimum Gasteiger partial charge on any atom is -0.497 e. The van der Waals surface area contributed by atoms with Crippen LogP contribution in [-0.2, 0) is 30.3 Å². The first-order valence-corrected chi connectivity index (χ1v) is 12.4. The van der Waals surface area contributed by atoms with Gasteiger partial charge in [0.15, 0.2) is 0 Å². The van der Waals surface area contributed by atoms with Crippen molar-refractivity contribution in [1.29, 1.82) is 0 Å². The predicted octanol–water partition coefficient (Wildman–Crippen LogP) is 0.355. The van der Waals surface area contributed by atoms with E-state index in [2.05, 4.69) is 22.0 Å². The third kappa shape index (κ3) is 9.09. The number of methoxy groups -OCH3 is 1. The highest BCUT2D eigenvalue weighted by Gasteiger charge is 2.25. The Hall–Kier alpha value is -3.24. The number of hydrogen-bond donors (Lipinski definition) is 3. The van der Waals surface area contributed by atoms with Crippen molar-refractivity contribution in [3.63, 3.8) is 0 Å². The normalized spacial score (nSPS) is 17.4. The van der Waals surface area contributed by atoms with Gasteiger partial charge < -0.3 is 30.2 Å². The van der Waals surface area contributed by atoms with Crippen LogP contribution in [0.5, 0.6) is 5.75 Å². The molecule has 3 rings (SSSR count). The summed E-state index contributed by atoms with van der Waals surface area (Å²) in [5.41, 5.74) is 1.97. The fourth-order valence-electron chi connectivity index (χ4n) is 4.27. The van der Waals surface area contributed by atoms with E-state index in [0.717, 1.165) is 36.7 Å². The van der Waals surface area contributed by atoms with Gasteiger partial charge >= 0.3 is 0 Å². The number of carbonyl (C=O) groups is 4. The Morgan fingerprint density at radius 3 is 2.47 bits per heavy atom. The second-order valence-corrected chi connectivity index (χ2v) is 9.05. The number of benzene rings is 1. The molecule has 0 bridgehead atoms. The topological polar surface area (TPSA) is 126 Å². The van der Waals surface area contributed by atoms with Gasteiger partial charge in [-0.15, -0.1) is 0 Å². The first-order valence-electron chi connectivity index (χ1n) is 12.4. The van der Waals surface area contributed by atoms with Gasteiger partial charge in [-0.2, -0.15) is 0 Å². The predicted molar refractivity (Wildman–Crippen MR) is 133 cm³/mol. The van der Waals surface area contributed by atoms with Crippen molar-refractivity contribution in [1.82, 2.24) is 20.9 Å². The maximum atomic E-state index is 13.1. The zero-order valence-electron chi connectivity index (χ0n) is 20.8. The Balaban J connectivity index is 1.58. The van der Waals surface area contributed by atoms with E-state index in [1.807, 2.05) is 17.0 Å². The first kappa shape index (κ1) is 27.3. The van der Waals surface area contributed by atoms with Crippen molar-refractivity contribution in [3.05, 3.63) is 41.5 Å². The summed E-state index contributed by atoms with van der Waals surface area (Å²) >= 11 is 0. The zero-order chi connectivity index (χ0) is 25.8. The van der Waals surface area contributed by atoms with Gasteiger partial charge in [-0.05, 0) is 43.4 Å². The lowest BCUT2D eigenvalue weighted by atomic mass is 10.0. The summed E-state index contributed by atoms with van der Waals surface area (Å²) in [6.45, 7) is 2.42. The third-order valence-electron chi connectivity index (χ3n) is 6.28. The molecule has 0 radical (unpaired) electrons. The van der Waals surface area contributed by atoms with Gasteiger partial charge in [-0.25, -0.2) is 0 Å². The Kier molecular flexibility index (Phi) is 10.9. The van der Waals surface area contributed by atoms with E-state index >= 15 is 0 Å². The van der Waals surface area contributed by atoms with Crippen LogP contribution in [-0.4, -0.2) is 87.5 Å². The highest BCUT2D eigenvalue weighted by atomic mass is 16.5. The lowest BCUT2D eigenvalue weighted by molar-refractivity contribution is -0.131. The molecule has 3 N–H and O–H groups in total. The van der Waals surface area contributed by atoms with Crippen molar-refractivity contribution in [2.24, 2.45) is 0 Å². The second-order valence-electron chi connectivity index (χ2n) is 9.05. The summed E-state index contributed by atoms with van der Waals surface area (Å²) in [7, 11) is 1.57. The average molecular weight is 501 g/mol. The van der Waals surface area contributed by atoms with Crippen molar-refractivity contribution in [3.8, 4) is 5.75 Å². The van der Waals surface area contributed by atoms with Crippen LogP contribution in [0.4, 0.5) is 0 Å². The molecule has 3 amide bonds. The molecule has 10 heteroatoms. The molecular formula is C26H36N4O6. The highest BCUT2D eigenvalue weighted by Crippen LogP contribution is 2.21. The van der Waals surface area contributed by atoms with Gasteiger partial charge in [0.05, 0.1) is 39.5 Å². The van der Waals surface area contributed by atoms with Crippen molar-refractivity contribution >= 4 is 24.0 Å². The van der Waals surface area contributed by atoms with E-state index in [1.165, 1.54) is 0 Å². The largest absolute Gasteiger partial charge is 0.497 e. The quantitative estimate of drug-likeness (QED) is 0.264. The molecule has 10 nitrogen and oxygen atoms in total. The first-order chi connectivity index (χ1) is 17.5. The van der Waals surface area contributed by atoms with Crippen LogP contribution in [0.15, 0.2) is 35.9 Å². The summed E-state index contributed by atoms with van der Waals surface area (Å²) in [5.74, 6) is -0.527. The van der Waals surface area contributed by atoms with Crippen LogP contribution >= 0.6 is 0 Å². The standard InChI is InChI=1S/C26H36N4O6/c1-35-22-8-6-20(7-9-22)15-23(26(34)28-21(18-31)14-19-4-2-3-5-19)29-24(32)16-27-25(33)17-30-10-12-36-13-11-30/h4,6-9,18,21,23H,2-3,5,10-17H2,1H3,(H,27,33)(H,28,34)(H,29,32)/t21-,23?/m0/s1.